The van der Waals surface area contributed by atoms with Crippen molar-refractivity contribution < 1.29 is 14.7 Å². The SMILES string of the molecule is C=C(CC)C(=O)c1ccc(CC(=O)O)cc1. The van der Waals surface area contributed by atoms with Gasteiger partial charge in [0, 0.05) is 5.56 Å². The number of carbonyl (C=O) groups is 2. The van der Waals surface area contributed by atoms with Gasteiger partial charge in [0.1, 0.15) is 0 Å². The number of hydrogen-bond donors (Lipinski definition) is 1. The zero-order valence-corrected chi connectivity index (χ0v) is 9.19. The van der Waals surface area contributed by atoms with E-state index in [1.54, 1.807) is 24.3 Å². The molecule has 0 aliphatic rings. The van der Waals surface area contributed by atoms with Gasteiger partial charge in [-0.25, -0.2) is 0 Å². The molecule has 0 bridgehead atoms. The van der Waals surface area contributed by atoms with Crippen LogP contribution in [0.5, 0.6) is 0 Å². The van der Waals surface area contributed by atoms with Crippen molar-refractivity contribution in [3.63, 3.8) is 0 Å². The van der Waals surface area contributed by atoms with E-state index >= 15 is 0 Å². The van der Waals surface area contributed by atoms with Gasteiger partial charge in [-0.05, 0) is 17.6 Å². The van der Waals surface area contributed by atoms with Gasteiger partial charge in [-0.3, -0.25) is 9.59 Å². The molecule has 1 rings (SSSR count). The third kappa shape index (κ3) is 3.05. The van der Waals surface area contributed by atoms with Crippen LogP contribution in [0.1, 0.15) is 29.3 Å². The molecule has 3 heteroatoms. The summed E-state index contributed by atoms with van der Waals surface area (Å²) in [6, 6.07) is 6.59. The minimum absolute atomic E-state index is 0.0246. The van der Waals surface area contributed by atoms with Crippen molar-refractivity contribution in [2.45, 2.75) is 19.8 Å². The number of aliphatic carboxylic acids is 1. The van der Waals surface area contributed by atoms with Crippen molar-refractivity contribution in [1.82, 2.24) is 0 Å². The Morgan fingerprint density at radius 2 is 1.81 bits per heavy atom. The predicted octanol–water partition coefficient (Wildman–Crippen LogP) is 2.46. The lowest BCUT2D eigenvalue weighted by atomic mass is 10.0. The van der Waals surface area contributed by atoms with E-state index < -0.39 is 5.97 Å². The van der Waals surface area contributed by atoms with E-state index in [1.807, 2.05) is 6.92 Å². The first kappa shape index (κ1) is 12.2. The van der Waals surface area contributed by atoms with Crippen LogP contribution < -0.4 is 0 Å². The Labute approximate surface area is 94.4 Å². The van der Waals surface area contributed by atoms with Gasteiger partial charge >= 0.3 is 5.97 Å². The van der Waals surface area contributed by atoms with Gasteiger partial charge in [-0.1, -0.05) is 37.8 Å². The Kier molecular flexibility index (Phi) is 4.00. The van der Waals surface area contributed by atoms with Crippen molar-refractivity contribution in [2.24, 2.45) is 0 Å². The summed E-state index contributed by atoms with van der Waals surface area (Å²) in [7, 11) is 0. The minimum Gasteiger partial charge on any atom is -0.481 e. The van der Waals surface area contributed by atoms with Crippen molar-refractivity contribution in [3.05, 3.63) is 47.5 Å². The summed E-state index contributed by atoms with van der Waals surface area (Å²) in [5.74, 6) is -0.957. The molecule has 0 saturated carbocycles. The fourth-order valence-electron chi connectivity index (χ4n) is 1.31. The summed E-state index contributed by atoms with van der Waals surface area (Å²) in [6.45, 7) is 5.55. The number of ketones is 1. The van der Waals surface area contributed by atoms with Crippen LogP contribution in [-0.4, -0.2) is 16.9 Å². The molecule has 0 aromatic heterocycles. The fourth-order valence-corrected chi connectivity index (χ4v) is 1.31. The van der Waals surface area contributed by atoms with Crippen molar-refractivity contribution in [3.8, 4) is 0 Å². The van der Waals surface area contributed by atoms with E-state index in [9.17, 15) is 9.59 Å². The Morgan fingerprint density at radius 1 is 1.25 bits per heavy atom. The van der Waals surface area contributed by atoms with Gasteiger partial charge in [0.15, 0.2) is 5.78 Å². The molecule has 1 N–H and O–H groups in total. The lowest BCUT2D eigenvalue weighted by Crippen LogP contribution is -2.03. The first-order chi connectivity index (χ1) is 7.54. The molecule has 0 atom stereocenters. The molecule has 0 radical (unpaired) electrons. The Hall–Kier alpha value is -1.90. The Morgan fingerprint density at radius 3 is 2.25 bits per heavy atom. The van der Waals surface area contributed by atoms with E-state index in [1.165, 1.54) is 0 Å². The standard InChI is InChI=1S/C13H14O3/c1-3-9(2)13(16)11-6-4-10(5-7-11)8-12(14)15/h4-7H,2-3,8H2,1H3,(H,14,15). The van der Waals surface area contributed by atoms with Crippen LogP contribution in [0, 0.1) is 0 Å². The van der Waals surface area contributed by atoms with Crippen LogP contribution in [0.3, 0.4) is 0 Å². The second-order valence-electron chi connectivity index (χ2n) is 3.55. The molecule has 0 aliphatic carbocycles. The Balaban J connectivity index is 2.82. The summed E-state index contributed by atoms with van der Waals surface area (Å²) in [4.78, 5) is 22.2. The molecule has 0 fully saturated rings. The average molecular weight is 218 g/mol. The van der Waals surface area contributed by atoms with Crippen molar-refractivity contribution in [1.29, 1.82) is 0 Å². The highest BCUT2D eigenvalue weighted by atomic mass is 16.4. The van der Waals surface area contributed by atoms with Crippen molar-refractivity contribution in [2.75, 3.05) is 0 Å². The van der Waals surface area contributed by atoms with Gasteiger partial charge in [-0.15, -0.1) is 0 Å². The maximum atomic E-state index is 11.7. The molecular formula is C13H14O3. The second-order valence-corrected chi connectivity index (χ2v) is 3.55. The summed E-state index contributed by atoms with van der Waals surface area (Å²) in [5, 5.41) is 8.59. The van der Waals surface area contributed by atoms with E-state index in [-0.39, 0.29) is 12.2 Å². The van der Waals surface area contributed by atoms with Crippen LogP contribution in [-0.2, 0) is 11.2 Å². The monoisotopic (exact) mass is 218 g/mol. The molecule has 0 heterocycles. The molecule has 0 unspecified atom stereocenters. The van der Waals surface area contributed by atoms with Crippen LogP contribution in [0.15, 0.2) is 36.4 Å². The first-order valence-electron chi connectivity index (χ1n) is 5.07. The summed E-state index contributed by atoms with van der Waals surface area (Å²) < 4.78 is 0. The highest BCUT2D eigenvalue weighted by Crippen LogP contribution is 2.11. The van der Waals surface area contributed by atoms with E-state index in [2.05, 4.69) is 6.58 Å². The van der Waals surface area contributed by atoms with Crippen LogP contribution in [0.2, 0.25) is 0 Å². The number of hydrogen-bond acceptors (Lipinski definition) is 2. The van der Waals surface area contributed by atoms with Gasteiger partial charge in [0.05, 0.1) is 6.42 Å². The highest BCUT2D eigenvalue weighted by molar-refractivity contribution is 6.08. The molecule has 1 aromatic rings. The number of carboxylic acid groups (broad SMARTS) is 1. The van der Waals surface area contributed by atoms with E-state index in [4.69, 9.17) is 5.11 Å². The van der Waals surface area contributed by atoms with E-state index in [0.717, 1.165) is 0 Å². The third-order valence-corrected chi connectivity index (χ3v) is 2.32. The number of rotatable bonds is 5. The molecule has 0 spiro atoms. The molecular weight excluding hydrogens is 204 g/mol. The molecule has 16 heavy (non-hydrogen) atoms. The lowest BCUT2D eigenvalue weighted by molar-refractivity contribution is -0.136. The Bertz CT molecular complexity index is 415. The number of allylic oxidation sites excluding steroid dienone is 1. The second kappa shape index (κ2) is 5.26. The lowest BCUT2D eigenvalue weighted by Gasteiger charge is -2.03. The predicted molar refractivity (Wildman–Crippen MR) is 61.5 cm³/mol. The number of benzene rings is 1. The maximum absolute atomic E-state index is 11.7. The first-order valence-corrected chi connectivity index (χ1v) is 5.07. The molecule has 3 nitrogen and oxygen atoms in total. The summed E-state index contributed by atoms with van der Waals surface area (Å²) in [6.07, 6.45) is 0.596. The molecule has 0 amide bonds. The smallest absolute Gasteiger partial charge is 0.307 e. The van der Waals surface area contributed by atoms with Crippen LogP contribution in [0.25, 0.3) is 0 Å². The molecule has 0 aliphatic heterocycles. The maximum Gasteiger partial charge on any atom is 0.307 e. The fraction of sp³-hybridized carbons (Fsp3) is 0.231. The zero-order chi connectivity index (χ0) is 12.1. The van der Waals surface area contributed by atoms with E-state index in [0.29, 0.717) is 23.1 Å². The zero-order valence-electron chi connectivity index (χ0n) is 9.19. The van der Waals surface area contributed by atoms with Gasteiger partial charge < -0.3 is 5.11 Å². The third-order valence-electron chi connectivity index (χ3n) is 2.32. The quantitative estimate of drug-likeness (QED) is 0.610. The van der Waals surface area contributed by atoms with Crippen molar-refractivity contribution >= 4 is 11.8 Å². The number of carboxylic acids is 1. The van der Waals surface area contributed by atoms with Gasteiger partial charge in [0.2, 0.25) is 0 Å². The molecule has 1 aromatic carbocycles. The summed E-state index contributed by atoms with van der Waals surface area (Å²) in [5.41, 5.74) is 1.80. The molecule has 84 valence electrons. The number of Topliss-reactive ketones (excluding diaryl/α,β-unsaturated/α-hetero) is 1. The summed E-state index contributed by atoms with van der Waals surface area (Å²) >= 11 is 0. The largest absolute Gasteiger partial charge is 0.481 e. The topological polar surface area (TPSA) is 54.4 Å². The number of carbonyl (C=O) groups excluding carboxylic acids is 1. The highest BCUT2D eigenvalue weighted by Gasteiger charge is 2.08. The molecule has 0 saturated heterocycles. The van der Waals surface area contributed by atoms with Gasteiger partial charge in [-0.2, -0.15) is 0 Å². The van der Waals surface area contributed by atoms with Crippen LogP contribution >= 0.6 is 0 Å². The van der Waals surface area contributed by atoms with Gasteiger partial charge in [0.25, 0.3) is 0 Å². The minimum atomic E-state index is -0.878. The normalized spacial score (nSPS) is 9.81. The van der Waals surface area contributed by atoms with Crippen LogP contribution in [0.4, 0.5) is 0 Å². The average Bonchev–Trinajstić information content (AvgIpc) is 2.27.